The van der Waals surface area contributed by atoms with Crippen LogP contribution in [-0.2, 0) is 11.0 Å². The highest BCUT2D eigenvalue weighted by Gasteiger charge is 2.33. The van der Waals surface area contributed by atoms with Gasteiger partial charge in [-0.25, -0.2) is 9.37 Å². The summed E-state index contributed by atoms with van der Waals surface area (Å²) in [6.07, 6.45) is -2.96. The van der Waals surface area contributed by atoms with E-state index in [-0.39, 0.29) is 25.1 Å². The molecule has 1 amide bonds. The van der Waals surface area contributed by atoms with Gasteiger partial charge < -0.3 is 14.4 Å². The first kappa shape index (κ1) is 19.8. The number of ether oxygens (including phenoxy) is 2. The number of hydrogen-bond acceptors (Lipinski definition) is 5. The SMILES string of the molecule is O=C(COc1ccc(F)cc1)N1CCCC(Oc2nccc(C(F)(F)F)n2)C1. The van der Waals surface area contributed by atoms with Gasteiger partial charge in [0.1, 0.15) is 17.7 Å². The minimum absolute atomic E-state index is 0.186. The Morgan fingerprint density at radius 3 is 2.68 bits per heavy atom. The number of carbonyl (C=O) groups is 1. The fourth-order valence-corrected chi connectivity index (χ4v) is 2.73. The number of carbonyl (C=O) groups excluding carboxylic acids is 1. The van der Waals surface area contributed by atoms with Gasteiger partial charge in [-0.1, -0.05) is 0 Å². The first-order valence-corrected chi connectivity index (χ1v) is 8.54. The number of hydrogen-bond donors (Lipinski definition) is 0. The smallest absolute Gasteiger partial charge is 0.433 e. The maximum absolute atomic E-state index is 12.9. The number of amides is 1. The number of nitrogens with zero attached hydrogens (tertiary/aromatic N) is 3. The van der Waals surface area contributed by atoms with Crippen LogP contribution in [0.5, 0.6) is 11.8 Å². The van der Waals surface area contributed by atoms with E-state index in [1.54, 1.807) is 0 Å². The molecule has 3 rings (SSSR count). The summed E-state index contributed by atoms with van der Waals surface area (Å²) >= 11 is 0. The van der Waals surface area contributed by atoms with Crippen LogP contribution in [0.15, 0.2) is 36.5 Å². The van der Waals surface area contributed by atoms with E-state index in [4.69, 9.17) is 9.47 Å². The van der Waals surface area contributed by atoms with Crippen LogP contribution in [0.3, 0.4) is 0 Å². The summed E-state index contributed by atoms with van der Waals surface area (Å²) in [5.41, 5.74) is -1.09. The Morgan fingerprint density at radius 2 is 1.96 bits per heavy atom. The van der Waals surface area contributed by atoms with Crippen LogP contribution < -0.4 is 9.47 Å². The monoisotopic (exact) mass is 399 g/mol. The van der Waals surface area contributed by atoms with E-state index in [1.165, 1.54) is 29.2 Å². The number of piperidine rings is 1. The minimum Gasteiger partial charge on any atom is -0.484 e. The summed E-state index contributed by atoms with van der Waals surface area (Å²) in [5, 5.41) is 0. The van der Waals surface area contributed by atoms with E-state index in [9.17, 15) is 22.4 Å². The molecule has 1 aromatic heterocycles. The van der Waals surface area contributed by atoms with Gasteiger partial charge in [0.15, 0.2) is 12.3 Å². The third-order valence-electron chi connectivity index (χ3n) is 4.10. The predicted octanol–water partition coefficient (Wildman–Crippen LogP) is 3.08. The Bertz CT molecular complexity index is 814. The third kappa shape index (κ3) is 5.30. The van der Waals surface area contributed by atoms with Gasteiger partial charge in [-0.05, 0) is 43.2 Å². The maximum Gasteiger partial charge on any atom is 0.433 e. The molecular weight excluding hydrogens is 382 g/mol. The molecule has 10 heteroatoms. The van der Waals surface area contributed by atoms with E-state index in [0.717, 1.165) is 12.3 Å². The zero-order valence-electron chi connectivity index (χ0n) is 14.7. The molecule has 1 aromatic carbocycles. The normalized spacial score (nSPS) is 17.3. The Kier molecular flexibility index (Phi) is 5.96. The average Bonchev–Trinajstić information content (AvgIpc) is 2.67. The molecule has 0 N–H and O–H groups in total. The van der Waals surface area contributed by atoms with Gasteiger partial charge in [-0.3, -0.25) is 4.79 Å². The van der Waals surface area contributed by atoms with Crippen LogP contribution in [0.2, 0.25) is 0 Å². The van der Waals surface area contributed by atoms with E-state index in [2.05, 4.69) is 9.97 Å². The number of rotatable bonds is 5. The summed E-state index contributed by atoms with van der Waals surface area (Å²) in [7, 11) is 0. The maximum atomic E-state index is 12.9. The quantitative estimate of drug-likeness (QED) is 0.723. The van der Waals surface area contributed by atoms with E-state index >= 15 is 0 Å². The highest BCUT2D eigenvalue weighted by molar-refractivity contribution is 5.77. The van der Waals surface area contributed by atoms with Crippen LogP contribution in [-0.4, -0.2) is 46.6 Å². The minimum atomic E-state index is -4.59. The van der Waals surface area contributed by atoms with Crippen molar-refractivity contribution < 1.29 is 31.8 Å². The summed E-state index contributed by atoms with van der Waals surface area (Å²) in [6.45, 7) is 0.429. The zero-order chi connectivity index (χ0) is 20.1. The van der Waals surface area contributed by atoms with Gasteiger partial charge in [-0.2, -0.15) is 18.2 Å². The van der Waals surface area contributed by atoms with Crippen molar-refractivity contribution >= 4 is 5.91 Å². The van der Waals surface area contributed by atoms with Crippen LogP contribution in [0, 0.1) is 5.82 Å². The lowest BCUT2D eigenvalue weighted by Gasteiger charge is -2.32. The number of aromatic nitrogens is 2. The molecule has 2 heterocycles. The molecule has 0 aliphatic carbocycles. The van der Waals surface area contributed by atoms with Crippen molar-refractivity contribution in [3.63, 3.8) is 0 Å². The topological polar surface area (TPSA) is 64.5 Å². The average molecular weight is 399 g/mol. The molecule has 6 nitrogen and oxygen atoms in total. The van der Waals surface area contributed by atoms with Gasteiger partial charge in [0.05, 0.1) is 6.54 Å². The molecule has 2 aromatic rings. The molecule has 1 fully saturated rings. The van der Waals surface area contributed by atoms with Crippen LogP contribution >= 0.6 is 0 Å². The molecule has 28 heavy (non-hydrogen) atoms. The molecule has 1 aliphatic rings. The summed E-state index contributed by atoms with van der Waals surface area (Å²) < 4.78 is 61.8. The molecule has 0 bridgehead atoms. The molecule has 0 spiro atoms. The molecular formula is C18H17F4N3O3. The number of alkyl halides is 3. The zero-order valence-corrected chi connectivity index (χ0v) is 14.7. The number of halogens is 4. The van der Waals surface area contributed by atoms with Crippen molar-refractivity contribution in [2.24, 2.45) is 0 Å². The van der Waals surface area contributed by atoms with Crippen molar-refractivity contribution in [2.45, 2.75) is 25.1 Å². The van der Waals surface area contributed by atoms with Gasteiger partial charge in [0.2, 0.25) is 0 Å². The van der Waals surface area contributed by atoms with Crippen molar-refractivity contribution in [1.29, 1.82) is 0 Å². The standard InChI is InChI=1S/C18H17F4N3O3/c19-12-3-5-13(6-4-12)27-11-16(26)25-9-1-2-14(10-25)28-17-23-8-7-15(24-17)18(20,21)22/h3-8,14H,1-2,9-11H2. The van der Waals surface area contributed by atoms with Gasteiger partial charge in [-0.15, -0.1) is 0 Å². The molecule has 1 aliphatic heterocycles. The van der Waals surface area contributed by atoms with Crippen molar-refractivity contribution in [1.82, 2.24) is 14.9 Å². The number of likely N-dealkylation sites (tertiary alicyclic amines) is 1. The summed E-state index contributed by atoms with van der Waals surface area (Å²) in [5.74, 6) is -0.356. The van der Waals surface area contributed by atoms with Crippen LogP contribution in [0.1, 0.15) is 18.5 Å². The highest BCUT2D eigenvalue weighted by Crippen LogP contribution is 2.28. The molecule has 1 atom stereocenters. The Labute approximate surface area is 158 Å². The van der Waals surface area contributed by atoms with Crippen molar-refractivity contribution in [3.05, 3.63) is 48.0 Å². The molecule has 150 valence electrons. The Morgan fingerprint density at radius 1 is 1.21 bits per heavy atom. The summed E-state index contributed by atoms with van der Waals surface area (Å²) in [6, 6.07) is 5.65. The first-order chi connectivity index (χ1) is 13.3. The molecule has 1 unspecified atom stereocenters. The van der Waals surface area contributed by atoms with E-state index in [0.29, 0.717) is 25.1 Å². The van der Waals surface area contributed by atoms with E-state index in [1.807, 2.05) is 0 Å². The van der Waals surface area contributed by atoms with Gasteiger partial charge in [0, 0.05) is 12.7 Å². The predicted molar refractivity (Wildman–Crippen MR) is 89.2 cm³/mol. The lowest BCUT2D eigenvalue weighted by Crippen LogP contribution is -2.46. The van der Waals surface area contributed by atoms with Crippen LogP contribution in [0.4, 0.5) is 17.6 Å². The Balaban J connectivity index is 1.55. The second kappa shape index (κ2) is 8.41. The van der Waals surface area contributed by atoms with Crippen molar-refractivity contribution in [2.75, 3.05) is 19.7 Å². The Hall–Kier alpha value is -2.91. The summed E-state index contributed by atoms with van der Waals surface area (Å²) in [4.78, 5) is 20.9. The van der Waals surface area contributed by atoms with Crippen LogP contribution in [0.25, 0.3) is 0 Å². The number of benzene rings is 1. The second-order valence-corrected chi connectivity index (χ2v) is 6.19. The second-order valence-electron chi connectivity index (χ2n) is 6.19. The fourth-order valence-electron chi connectivity index (χ4n) is 2.73. The molecule has 0 saturated carbocycles. The molecule has 1 saturated heterocycles. The lowest BCUT2D eigenvalue weighted by atomic mass is 10.1. The van der Waals surface area contributed by atoms with Crippen molar-refractivity contribution in [3.8, 4) is 11.8 Å². The lowest BCUT2D eigenvalue weighted by molar-refractivity contribution is -0.141. The fraction of sp³-hybridized carbons (Fsp3) is 0.389. The highest BCUT2D eigenvalue weighted by atomic mass is 19.4. The van der Waals surface area contributed by atoms with Gasteiger partial charge in [0.25, 0.3) is 5.91 Å². The third-order valence-corrected chi connectivity index (χ3v) is 4.10. The first-order valence-electron chi connectivity index (χ1n) is 8.54. The van der Waals surface area contributed by atoms with Gasteiger partial charge >= 0.3 is 12.2 Å². The van der Waals surface area contributed by atoms with E-state index < -0.39 is 23.8 Å². The largest absolute Gasteiger partial charge is 0.484 e. The molecule has 0 radical (unpaired) electrons.